The van der Waals surface area contributed by atoms with Gasteiger partial charge >= 0.3 is 20.0 Å². The Hall–Kier alpha value is -1.82. The number of esters is 1. The molecule has 5 nitrogen and oxygen atoms in total. The maximum Gasteiger partial charge on any atom is 0.378 e. The molecular formula is C12H13BO5. The highest BCUT2D eigenvalue weighted by molar-refractivity contribution is 6.06. The molecule has 0 aliphatic heterocycles. The molecule has 6 heteroatoms. The van der Waals surface area contributed by atoms with Gasteiger partial charge < -0.3 is 14.5 Å². The molecule has 94 valence electrons. The van der Waals surface area contributed by atoms with Crippen LogP contribution in [0.5, 0.6) is 0 Å². The van der Waals surface area contributed by atoms with Crippen molar-refractivity contribution in [2.45, 2.75) is 25.6 Å². The van der Waals surface area contributed by atoms with Crippen LogP contribution in [0.1, 0.15) is 18.4 Å². The van der Waals surface area contributed by atoms with Crippen molar-refractivity contribution in [3.63, 3.8) is 0 Å². The van der Waals surface area contributed by atoms with E-state index in [1.807, 2.05) is 30.3 Å². The molecule has 1 rings (SSSR count). The first-order chi connectivity index (χ1) is 8.63. The van der Waals surface area contributed by atoms with Crippen molar-refractivity contribution in [3.05, 3.63) is 35.9 Å². The summed E-state index contributed by atoms with van der Waals surface area (Å²) >= 11 is 0. The minimum absolute atomic E-state index is 0.0797. The summed E-state index contributed by atoms with van der Waals surface area (Å²) in [6.45, 7) is 0.164. The second kappa shape index (κ2) is 7.50. The van der Waals surface area contributed by atoms with Crippen molar-refractivity contribution in [2.75, 3.05) is 0 Å². The van der Waals surface area contributed by atoms with Crippen LogP contribution in [0.15, 0.2) is 30.3 Å². The van der Waals surface area contributed by atoms with Gasteiger partial charge in [-0.25, -0.2) is 0 Å². The van der Waals surface area contributed by atoms with Gasteiger partial charge in [0.05, 0.1) is 0 Å². The number of rotatable bonds is 6. The molecule has 0 aliphatic carbocycles. The van der Waals surface area contributed by atoms with Gasteiger partial charge in [0, 0.05) is 6.42 Å². The highest BCUT2D eigenvalue weighted by Crippen LogP contribution is 2.04. The van der Waals surface area contributed by atoms with Crippen LogP contribution in [0.3, 0.4) is 0 Å². The first kappa shape index (κ1) is 14.2. The number of carbonyl (C=O) groups excluding carboxylic acids is 2. The van der Waals surface area contributed by atoms with Crippen LogP contribution in [0.4, 0.5) is 0 Å². The lowest BCUT2D eigenvalue weighted by Crippen LogP contribution is -2.23. The molecule has 0 amide bonds. The number of aliphatic hydroxyl groups is 1. The molecule has 0 bridgehead atoms. The van der Waals surface area contributed by atoms with Gasteiger partial charge in [0.15, 0.2) is 0 Å². The summed E-state index contributed by atoms with van der Waals surface area (Å²) in [5.74, 6) is -1.46. The van der Waals surface area contributed by atoms with Crippen molar-refractivity contribution in [1.82, 2.24) is 0 Å². The van der Waals surface area contributed by atoms with E-state index in [1.54, 1.807) is 0 Å². The Bertz CT molecular complexity index is 393. The average molecular weight is 248 g/mol. The minimum Gasteiger partial charge on any atom is -0.541 e. The fraction of sp³-hybridized carbons (Fsp3) is 0.333. The predicted octanol–water partition coefficient (Wildman–Crippen LogP) is 0.498. The Morgan fingerprint density at radius 2 is 1.94 bits per heavy atom. The Morgan fingerprint density at radius 1 is 1.28 bits per heavy atom. The second-order valence-electron chi connectivity index (χ2n) is 3.64. The highest BCUT2D eigenvalue weighted by Gasteiger charge is 2.16. The molecule has 0 unspecified atom stereocenters. The van der Waals surface area contributed by atoms with Gasteiger partial charge in [0.1, 0.15) is 12.7 Å². The largest absolute Gasteiger partial charge is 0.541 e. The van der Waals surface area contributed by atoms with Crippen LogP contribution in [0.2, 0.25) is 0 Å². The Balaban J connectivity index is 2.24. The third-order valence-electron chi connectivity index (χ3n) is 2.25. The van der Waals surface area contributed by atoms with Crippen molar-refractivity contribution >= 4 is 20.0 Å². The zero-order chi connectivity index (χ0) is 13.4. The van der Waals surface area contributed by atoms with E-state index in [1.165, 1.54) is 0 Å². The molecule has 1 aromatic rings. The van der Waals surface area contributed by atoms with Gasteiger partial charge in [-0.2, -0.15) is 0 Å². The van der Waals surface area contributed by atoms with Crippen LogP contribution in [-0.2, 0) is 25.6 Å². The summed E-state index contributed by atoms with van der Waals surface area (Å²) in [6, 6.07) is 9.19. The molecule has 1 aromatic carbocycles. The highest BCUT2D eigenvalue weighted by atomic mass is 16.5. The molecule has 0 spiro atoms. The summed E-state index contributed by atoms with van der Waals surface area (Å²) in [6.07, 6.45) is -1.56. The molecule has 0 saturated heterocycles. The molecule has 0 heterocycles. The molecule has 0 saturated carbocycles. The summed E-state index contributed by atoms with van der Waals surface area (Å²) in [7, 11) is 4.59. The number of ether oxygens (including phenoxy) is 1. The number of aliphatic hydroxyl groups excluding tert-OH is 1. The van der Waals surface area contributed by atoms with E-state index in [-0.39, 0.29) is 19.4 Å². The maximum absolute atomic E-state index is 11.3. The zero-order valence-corrected chi connectivity index (χ0v) is 9.74. The van der Waals surface area contributed by atoms with E-state index in [0.717, 1.165) is 5.56 Å². The van der Waals surface area contributed by atoms with Gasteiger partial charge in [0.2, 0.25) is 0 Å². The van der Waals surface area contributed by atoms with Crippen molar-refractivity contribution in [2.24, 2.45) is 0 Å². The van der Waals surface area contributed by atoms with E-state index in [2.05, 4.69) is 12.7 Å². The van der Waals surface area contributed by atoms with Crippen LogP contribution >= 0.6 is 0 Å². The van der Waals surface area contributed by atoms with Crippen LogP contribution in [-0.4, -0.2) is 31.2 Å². The average Bonchev–Trinajstić information content (AvgIpc) is 2.42. The van der Waals surface area contributed by atoms with Gasteiger partial charge in [0.25, 0.3) is 0 Å². The lowest BCUT2D eigenvalue weighted by atomic mass is 10.2. The Morgan fingerprint density at radius 3 is 2.56 bits per heavy atom. The molecular weight excluding hydrogens is 235 g/mol. The maximum atomic E-state index is 11.3. The molecule has 0 aromatic heterocycles. The fourth-order valence-electron chi connectivity index (χ4n) is 1.26. The Kier molecular flexibility index (Phi) is 5.94. The third kappa shape index (κ3) is 5.01. The van der Waals surface area contributed by atoms with Gasteiger partial charge in [-0.1, -0.05) is 30.3 Å². The zero-order valence-electron chi connectivity index (χ0n) is 9.74. The molecule has 2 radical (unpaired) electrons. The van der Waals surface area contributed by atoms with E-state index in [9.17, 15) is 14.7 Å². The second-order valence-corrected chi connectivity index (χ2v) is 3.64. The van der Waals surface area contributed by atoms with Crippen LogP contribution in [0, 0.1) is 0 Å². The monoisotopic (exact) mass is 248 g/mol. The molecule has 0 aliphatic rings. The quantitative estimate of drug-likeness (QED) is 0.586. The summed E-state index contributed by atoms with van der Waals surface area (Å²) in [5.41, 5.74) is 0.868. The van der Waals surface area contributed by atoms with Gasteiger partial charge in [-0.15, -0.1) is 0 Å². The first-order valence-electron chi connectivity index (χ1n) is 5.41. The lowest BCUT2D eigenvalue weighted by molar-refractivity contribution is -0.148. The van der Waals surface area contributed by atoms with Crippen LogP contribution < -0.4 is 0 Å². The molecule has 0 fully saturated rings. The lowest BCUT2D eigenvalue weighted by Gasteiger charge is -2.08. The molecule has 1 atom stereocenters. The molecule has 18 heavy (non-hydrogen) atoms. The Labute approximate surface area is 106 Å². The van der Waals surface area contributed by atoms with Gasteiger partial charge in [-0.3, -0.25) is 9.59 Å². The number of hydrogen-bond donors (Lipinski definition) is 1. The number of benzene rings is 1. The van der Waals surface area contributed by atoms with E-state index >= 15 is 0 Å². The van der Waals surface area contributed by atoms with Crippen molar-refractivity contribution in [3.8, 4) is 0 Å². The smallest absolute Gasteiger partial charge is 0.378 e. The van der Waals surface area contributed by atoms with Crippen LogP contribution in [0.25, 0.3) is 0 Å². The number of carbonyl (C=O) groups is 2. The molecule has 1 N–H and O–H groups in total. The van der Waals surface area contributed by atoms with E-state index < -0.39 is 18.0 Å². The van der Waals surface area contributed by atoms with E-state index in [0.29, 0.717) is 0 Å². The standard InChI is InChI=1S/C12H13BO5/c13-18-12(16)10(14)6-7-11(15)17-8-9-4-2-1-3-5-9/h1-5,10,14H,6-8H2/t10-/m1/s1. The summed E-state index contributed by atoms with van der Waals surface area (Å²) in [5, 5.41) is 9.19. The summed E-state index contributed by atoms with van der Waals surface area (Å²) < 4.78 is 8.79. The number of hydrogen-bond acceptors (Lipinski definition) is 5. The topological polar surface area (TPSA) is 72.8 Å². The van der Waals surface area contributed by atoms with Crippen molar-refractivity contribution < 1.29 is 24.1 Å². The predicted molar refractivity (Wildman–Crippen MR) is 63.3 cm³/mol. The van der Waals surface area contributed by atoms with E-state index in [4.69, 9.17) is 4.74 Å². The van der Waals surface area contributed by atoms with Crippen molar-refractivity contribution in [1.29, 1.82) is 0 Å². The fourth-order valence-corrected chi connectivity index (χ4v) is 1.26. The summed E-state index contributed by atoms with van der Waals surface area (Å²) in [4.78, 5) is 22.1. The van der Waals surface area contributed by atoms with Gasteiger partial charge in [-0.05, 0) is 12.0 Å². The normalized spacial score (nSPS) is 11.6. The SMILES string of the molecule is [B]OC(=O)[C@H](O)CCC(=O)OCc1ccccc1. The first-order valence-corrected chi connectivity index (χ1v) is 5.41. The minimum atomic E-state index is -1.40. The third-order valence-corrected chi connectivity index (χ3v) is 2.25.